The fraction of sp³-hybridized carbons (Fsp3) is 0.125. The Morgan fingerprint density at radius 1 is 1.08 bits per heavy atom. The number of aromatic nitrogens is 7. The lowest BCUT2D eigenvalue weighted by Crippen LogP contribution is -1.99. The molecule has 1 N–H and O–H groups in total. The lowest BCUT2D eigenvalue weighted by molar-refractivity contribution is 0.788. The summed E-state index contributed by atoms with van der Waals surface area (Å²) in [7, 11) is 1.91. The van der Waals surface area contributed by atoms with Gasteiger partial charge in [0.2, 0.25) is 0 Å². The standard InChI is InChI=1S/C16H14N8S/c1-10-6-18-14(7-17-10)22-15-12-5-11(3-4-13(12)19-8-20-15)25-16-23-21-9-24(16)2/h3-9H,1-2H3,(H,18,19,20,22). The molecule has 3 aromatic heterocycles. The first-order valence-electron chi connectivity index (χ1n) is 7.51. The summed E-state index contributed by atoms with van der Waals surface area (Å²) in [4.78, 5) is 18.3. The minimum atomic E-state index is 0.636. The van der Waals surface area contributed by atoms with Gasteiger partial charge in [0.25, 0.3) is 0 Å². The smallest absolute Gasteiger partial charge is 0.195 e. The molecule has 0 unspecified atom stereocenters. The van der Waals surface area contributed by atoms with E-state index in [4.69, 9.17) is 0 Å². The quantitative estimate of drug-likeness (QED) is 0.600. The molecule has 0 atom stereocenters. The zero-order valence-electron chi connectivity index (χ0n) is 13.6. The van der Waals surface area contributed by atoms with Gasteiger partial charge in [0, 0.05) is 17.3 Å². The fourth-order valence-electron chi connectivity index (χ4n) is 2.25. The molecule has 0 saturated carbocycles. The van der Waals surface area contributed by atoms with Crippen molar-refractivity contribution in [3.8, 4) is 0 Å². The molecule has 4 rings (SSSR count). The Bertz CT molecular complexity index is 1030. The number of hydrogen-bond donors (Lipinski definition) is 1. The zero-order chi connectivity index (χ0) is 17.2. The third-order valence-electron chi connectivity index (χ3n) is 3.51. The summed E-state index contributed by atoms with van der Waals surface area (Å²) in [5, 5.41) is 12.9. The van der Waals surface area contributed by atoms with Crippen molar-refractivity contribution in [2.45, 2.75) is 17.0 Å². The lowest BCUT2D eigenvalue weighted by atomic mass is 10.2. The highest BCUT2D eigenvalue weighted by Crippen LogP contribution is 2.30. The molecule has 8 nitrogen and oxygen atoms in total. The van der Waals surface area contributed by atoms with Crippen molar-refractivity contribution in [3.05, 3.63) is 48.9 Å². The van der Waals surface area contributed by atoms with Crippen molar-refractivity contribution in [2.24, 2.45) is 7.05 Å². The molecule has 0 fully saturated rings. The highest BCUT2D eigenvalue weighted by Gasteiger charge is 2.09. The maximum Gasteiger partial charge on any atom is 0.195 e. The first-order chi connectivity index (χ1) is 12.2. The molecule has 25 heavy (non-hydrogen) atoms. The number of aryl methyl sites for hydroxylation is 2. The van der Waals surface area contributed by atoms with Crippen LogP contribution in [0.15, 0.2) is 53.3 Å². The predicted molar refractivity (Wildman–Crippen MR) is 94.7 cm³/mol. The molecule has 4 aromatic rings. The van der Waals surface area contributed by atoms with E-state index in [9.17, 15) is 0 Å². The molecule has 0 aliphatic carbocycles. The summed E-state index contributed by atoms with van der Waals surface area (Å²) < 4.78 is 1.87. The van der Waals surface area contributed by atoms with Crippen LogP contribution in [0.25, 0.3) is 10.9 Å². The van der Waals surface area contributed by atoms with Crippen LogP contribution in [0.2, 0.25) is 0 Å². The normalized spacial score (nSPS) is 11.0. The largest absolute Gasteiger partial charge is 0.323 e. The van der Waals surface area contributed by atoms with Gasteiger partial charge >= 0.3 is 0 Å². The molecule has 0 bridgehead atoms. The Morgan fingerprint density at radius 2 is 2.00 bits per heavy atom. The Kier molecular flexibility index (Phi) is 3.98. The van der Waals surface area contributed by atoms with Gasteiger partial charge < -0.3 is 9.88 Å². The molecule has 9 heteroatoms. The van der Waals surface area contributed by atoms with E-state index in [0.717, 1.165) is 26.6 Å². The van der Waals surface area contributed by atoms with Crippen LogP contribution in [-0.4, -0.2) is 34.7 Å². The average molecular weight is 350 g/mol. The Balaban J connectivity index is 1.70. The molecule has 0 spiro atoms. The van der Waals surface area contributed by atoms with E-state index in [1.54, 1.807) is 18.7 Å². The van der Waals surface area contributed by atoms with Crippen LogP contribution in [-0.2, 0) is 7.05 Å². The van der Waals surface area contributed by atoms with Crippen LogP contribution in [0.4, 0.5) is 11.6 Å². The number of fused-ring (bicyclic) bond motifs is 1. The maximum atomic E-state index is 4.35. The Hall–Kier alpha value is -3.07. The van der Waals surface area contributed by atoms with E-state index in [-0.39, 0.29) is 0 Å². The van der Waals surface area contributed by atoms with Crippen LogP contribution in [0, 0.1) is 6.92 Å². The minimum Gasteiger partial charge on any atom is -0.323 e. The topological polar surface area (TPSA) is 94.3 Å². The van der Waals surface area contributed by atoms with Crippen molar-refractivity contribution in [2.75, 3.05) is 5.32 Å². The van der Waals surface area contributed by atoms with Crippen molar-refractivity contribution < 1.29 is 0 Å². The number of nitrogens with one attached hydrogen (secondary N) is 1. The molecule has 0 amide bonds. The lowest BCUT2D eigenvalue weighted by Gasteiger charge is -2.08. The fourth-order valence-corrected chi connectivity index (χ4v) is 3.05. The number of benzene rings is 1. The highest BCUT2D eigenvalue weighted by atomic mass is 32.2. The van der Waals surface area contributed by atoms with Crippen molar-refractivity contribution in [1.29, 1.82) is 0 Å². The summed E-state index contributed by atoms with van der Waals surface area (Å²) in [5.74, 6) is 1.32. The predicted octanol–water partition coefficient (Wildman–Crippen LogP) is 2.75. The van der Waals surface area contributed by atoms with Gasteiger partial charge in [-0.15, -0.1) is 10.2 Å². The van der Waals surface area contributed by atoms with Gasteiger partial charge in [-0.3, -0.25) is 4.98 Å². The molecule has 0 aliphatic heterocycles. The number of nitrogens with zero attached hydrogens (tertiary/aromatic N) is 7. The second-order valence-corrected chi connectivity index (χ2v) is 6.44. The molecule has 0 radical (unpaired) electrons. The second kappa shape index (κ2) is 6.44. The minimum absolute atomic E-state index is 0.636. The highest BCUT2D eigenvalue weighted by molar-refractivity contribution is 7.99. The molecule has 124 valence electrons. The average Bonchev–Trinajstić information content (AvgIpc) is 3.02. The third-order valence-corrected chi connectivity index (χ3v) is 4.56. The van der Waals surface area contributed by atoms with Crippen molar-refractivity contribution >= 4 is 34.3 Å². The van der Waals surface area contributed by atoms with Gasteiger partial charge in [-0.1, -0.05) is 0 Å². The summed E-state index contributed by atoms with van der Waals surface area (Å²) in [6.45, 7) is 1.90. The zero-order valence-corrected chi connectivity index (χ0v) is 14.4. The first-order valence-corrected chi connectivity index (χ1v) is 8.33. The van der Waals surface area contributed by atoms with Crippen LogP contribution >= 0.6 is 11.8 Å². The molecule has 0 saturated heterocycles. The van der Waals surface area contributed by atoms with E-state index in [1.807, 2.05) is 36.7 Å². The molecule has 1 aromatic carbocycles. The van der Waals surface area contributed by atoms with Crippen molar-refractivity contribution in [1.82, 2.24) is 34.7 Å². The molecular formula is C16H14N8S. The van der Waals surface area contributed by atoms with Crippen LogP contribution in [0.5, 0.6) is 0 Å². The SMILES string of the molecule is Cc1cnc(Nc2ncnc3ccc(Sc4nncn4C)cc23)cn1. The van der Waals surface area contributed by atoms with E-state index >= 15 is 0 Å². The number of hydrogen-bond acceptors (Lipinski definition) is 8. The van der Waals surface area contributed by atoms with E-state index in [1.165, 1.54) is 18.1 Å². The molecule has 3 heterocycles. The summed E-state index contributed by atoms with van der Waals surface area (Å²) >= 11 is 1.53. The maximum absolute atomic E-state index is 4.35. The van der Waals surface area contributed by atoms with Gasteiger partial charge in [-0.2, -0.15) is 0 Å². The Morgan fingerprint density at radius 3 is 2.76 bits per heavy atom. The number of rotatable bonds is 4. The third kappa shape index (κ3) is 3.26. The van der Waals surface area contributed by atoms with Gasteiger partial charge in [0.15, 0.2) is 5.16 Å². The van der Waals surface area contributed by atoms with Gasteiger partial charge in [0.05, 0.1) is 23.6 Å². The van der Waals surface area contributed by atoms with Crippen LogP contribution in [0.3, 0.4) is 0 Å². The second-order valence-electron chi connectivity index (χ2n) is 5.40. The summed E-state index contributed by atoms with van der Waals surface area (Å²) in [6.07, 6.45) is 6.60. The Labute approximate surface area is 147 Å². The van der Waals surface area contributed by atoms with Crippen LogP contribution < -0.4 is 5.32 Å². The van der Waals surface area contributed by atoms with Crippen molar-refractivity contribution in [3.63, 3.8) is 0 Å². The number of anilines is 2. The first kappa shape index (κ1) is 15.5. The van der Waals surface area contributed by atoms with E-state index < -0.39 is 0 Å². The summed E-state index contributed by atoms with van der Waals surface area (Å²) in [5.41, 5.74) is 1.71. The molecular weight excluding hydrogens is 336 g/mol. The summed E-state index contributed by atoms with van der Waals surface area (Å²) in [6, 6.07) is 5.99. The van der Waals surface area contributed by atoms with E-state index in [2.05, 4.69) is 35.5 Å². The van der Waals surface area contributed by atoms with E-state index in [0.29, 0.717) is 11.6 Å². The molecule has 0 aliphatic rings. The van der Waals surface area contributed by atoms with Gasteiger partial charge in [-0.25, -0.2) is 15.0 Å². The van der Waals surface area contributed by atoms with Crippen LogP contribution in [0.1, 0.15) is 5.69 Å². The van der Waals surface area contributed by atoms with Gasteiger partial charge in [-0.05, 0) is 36.9 Å². The van der Waals surface area contributed by atoms with Gasteiger partial charge in [0.1, 0.15) is 24.3 Å². The monoisotopic (exact) mass is 350 g/mol.